The molecule has 0 aromatic rings. The second kappa shape index (κ2) is 16.2. The number of hydrogen-bond acceptors (Lipinski definition) is 6. The molecule has 146 valence electrons. The minimum absolute atomic E-state index is 0.0347. The molecule has 0 saturated heterocycles. The summed E-state index contributed by atoms with van der Waals surface area (Å²) >= 11 is 0. The van der Waals surface area contributed by atoms with Gasteiger partial charge in [0.1, 0.15) is 0 Å². The third kappa shape index (κ3) is 18.1. The lowest BCUT2D eigenvalue weighted by molar-refractivity contribution is 0.00548. The van der Waals surface area contributed by atoms with Gasteiger partial charge in [0.25, 0.3) is 0 Å². The number of hydrogen-bond donors (Lipinski definition) is 1. The van der Waals surface area contributed by atoms with Gasteiger partial charge in [0.15, 0.2) is 0 Å². The molecule has 0 aromatic heterocycles. The van der Waals surface area contributed by atoms with Crippen LogP contribution in [0.15, 0.2) is 0 Å². The monoisotopic (exact) mass is 370 g/mol. The van der Waals surface area contributed by atoms with E-state index >= 15 is 0 Å². The summed E-state index contributed by atoms with van der Waals surface area (Å²) in [6.45, 7) is 7.86. The molecular formula is C16H34O7S. The lowest BCUT2D eigenvalue weighted by Crippen LogP contribution is -2.14. The van der Waals surface area contributed by atoms with Crippen molar-refractivity contribution in [3.63, 3.8) is 0 Å². The Labute approximate surface area is 147 Å². The molecule has 1 unspecified atom stereocenters. The fourth-order valence-corrected chi connectivity index (χ4v) is 2.39. The average molecular weight is 371 g/mol. The van der Waals surface area contributed by atoms with Crippen LogP contribution in [0.2, 0.25) is 0 Å². The summed E-state index contributed by atoms with van der Waals surface area (Å²) in [5.41, 5.74) is 0. The van der Waals surface area contributed by atoms with Gasteiger partial charge < -0.3 is 14.2 Å². The van der Waals surface area contributed by atoms with Gasteiger partial charge in [-0.05, 0) is 25.2 Å². The Kier molecular flexibility index (Phi) is 16.1. The summed E-state index contributed by atoms with van der Waals surface area (Å²) in [5.74, 6) is 0.651. The van der Waals surface area contributed by atoms with Gasteiger partial charge in [-0.25, -0.2) is 4.18 Å². The molecule has 0 amide bonds. The van der Waals surface area contributed by atoms with Gasteiger partial charge in [-0.3, -0.25) is 4.55 Å². The van der Waals surface area contributed by atoms with Gasteiger partial charge in [0, 0.05) is 13.2 Å². The molecule has 0 heterocycles. The predicted molar refractivity (Wildman–Crippen MR) is 92.5 cm³/mol. The molecule has 0 radical (unpaired) electrons. The third-order valence-corrected chi connectivity index (χ3v) is 4.02. The quantitative estimate of drug-likeness (QED) is 0.293. The molecular weight excluding hydrogens is 336 g/mol. The zero-order valence-electron chi connectivity index (χ0n) is 15.1. The highest BCUT2D eigenvalue weighted by molar-refractivity contribution is 7.80. The van der Waals surface area contributed by atoms with Crippen LogP contribution >= 0.6 is 0 Å². The molecule has 24 heavy (non-hydrogen) atoms. The van der Waals surface area contributed by atoms with Gasteiger partial charge >= 0.3 is 10.4 Å². The number of ether oxygens (including phenoxy) is 3. The first kappa shape index (κ1) is 23.8. The normalized spacial score (nSPS) is 13.3. The van der Waals surface area contributed by atoms with Gasteiger partial charge in [-0.15, -0.1) is 0 Å². The highest BCUT2D eigenvalue weighted by Crippen LogP contribution is 2.12. The second-order valence-corrected chi connectivity index (χ2v) is 6.76. The molecule has 7 nitrogen and oxygen atoms in total. The maximum absolute atomic E-state index is 10.3. The SMILES string of the molecule is CCCCC(CC)COCCOCCOCCCCOS(=O)(=O)O. The van der Waals surface area contributed by atoms with E-state index in [2.05, 4.69) is 18.0 Å². The van der Waals surface area contributed by atoms with E-state index in [1.165, 1.54) is 19.3 Å². The van der Waals surface area contributed by atoms with E-state index in [9.17, 15) is 8.42 Å². The molecule has 1 atom stereocenters. The van der Waals surface area contributed by atoms with Crippen molar-refractivity contribution in [2.24, 2.45) is 5.92 Å². The van der Waals surface area contributed by atoms with Crippen LogP contribution in [-0.4, -0.2) is 59.2 Å². The van der Waals surface area contributed by atoms with E-state index in [1.54, 1.807) is 0 Å². The van der Waals surface area contributed by atoms with E-state index in [4.69, 9.17) is 18.8 Å². The average Bonchev–Trinajstić information content (AvgIpc) is 2.53. The second-order valence-electron chi connectivity index (χ2n) is 5.67. The fraction of sp³-hybridized carbons (Fsp3) is 1.00. The maximum atomic E-state index is 10.3. The molecule has 0 saturated carbocycles. The summed E-state index contributed by atoms with van der Waals surface area (Å²) in [6.07, 6.45) is 6.05. The van der Waals surface area contributed by atoms with Gasteiger partial charge in [-0.1, -0.05) is 33.1 Å². The lowest BCUT2D eigenvalue weighted by atomic mass is 10.0. The van der Waals surface area contributed by atoms with E-state index in [0.29, 0.717) is 51.8 Å². The molecule has 0 aliphatic heterocycles. The molecule has 0 rings (SSSR count). The van der Waals surface area contributed by atoms with Gasteiger partial charge in [0.05, 0.1) is 33.0 Å². The Morgan fingerprint density at radius 2 is 1.42 bits per heavy atom. The van der Waals surface area contributed by atoms with E-state index in [-0.39, 0.29) is 6.61 Å². The Bertz CT molecular complexity index is 359. The largest absolute Gasteiger partial charge is 0.397 e. The van der Waals surface area contributed by atoms with Crippen LogP contribution in [0.25, 0.3) is 0 Å². The van der Waals surface area contributed by atoms with Crippen molar-refractivity contribution in [1.29, 1.82) is 0 Å². The fourth-order valence-electron chi connectivity index (χ4n) is 2.06. The lowest BCUT2D eigenvalue weighted by Gasteiger charge is -2.14. The van der Waals surface area contributed by atoms with Crippen molar-refractivity contribution in [3.05, 3.63) is 0 Å². The van der Waals surface area contributed by atoms with Crippen LogP contribution < -0.4 is 0 Å². The Morgan fingerprint density at radius 1 is 0.833 bits per heavy atom. The molecule has 0 aliphatic carbocycles. The first-order valence-corrected chi connectivity index (χ1v) is 10.2. The minimum Gasteiger partial charge on any atom is -0.379 e. The Hall–Kier alpha value is -0.250. The first-order chi connectivity index (χ1) is 11.5. The highest BCUT2D eigenvalue weighted by atomic mass is 32.3. The van der Waals surface area contributed by atoms with E-state index < -0.39 is 10.4 Å². The van der Waals surface area contributed by atoms with Crippen LogP contribution in [0, 0.1) is 5.92 Å². The summed E-state index contributed by atoms with van der Waals surface area (Å²) in [7, 11) is -4.32. The van der Waals surface area contributed by atoms with Crippen molar-refractivity contribution >= 4 is 10.4 Å². The van der Waals surface area contributed by atoms with E-state index in [1.807, 2.05) is 0 Å². The first-order valence-electron chi connectivity index (χ1n) is 8.84. The third-order valence-electron chi connectivity index (χ3n) is 3.56. The molecule has 1 N–H and O–H groups in total. The zero-order valence-corrected chi connectivity index (χ0v) is 15.9. The van der Waals surface area contributed by atoms with Crippen LogP contribution in [-0.2, 0) is 28.8 Å². The summed E-state index contributed by atoms with van der Waals surface area (Å²) < 4.78 is 49.5. The van der Waals surface area contributed by atoms with E-state index in [0.717, 1.165) is 13.0 Å². The maximum Gasteiger partial charge on any atom is 0.397 e. The van der Waals surface area contributed by atoms with Gasteiger partial charge in [-0.2, -0.15) is 8.42 Å². The number of unbranched alkanes of at least 4 members (excludes halogenated alkanes) is 2. The van der Waals surface area contributed by atoms with Crippen molar-refractivity contribution < 1.29 is 31.4 Å². The van der Waals surface area contributed by atoms with Gasteiger partial charge in [0.2, 0.25) is 0 Å². The molecule has 0 aromatic carbocycles. The zero-order chi connectivity index (χ0) is 18.1. The smallest absolute Gasteiger partial charge is 0.379 e. The van der Waals surface area contributed by atoms with Crippen LogP contribution in [0.4, 0.5) is 0 Å². The Morgan fingerprint density at radius 3 is 2.00 bits per heavy atom. The topological polar surface area (TPSA) is 91.3 Å². The molecule has 0 fully saturated rings. The van der Waals surface area contributed by atoms with Crippen molar-refractivity contribution in [3.8, 4) is 0 Å². The summed E-state index contributed by atoms with van der Waals surface area (Å²) in [4.78, 5) is 0. The Balaban J connectivity index is 3.22. The molecule has 0 bridgehead atoms. The van der Waals surface area contributed by atoms with Crippen LogP contribution in [0.3, 0.4) is 0 Å². The van der Waals surface area contributed by atoms with Crippen molar-refractivity contribution in [2.45, 2.75) is 52.4 Å². The van der Waals surface area contributed by atoms with Crippen LogP contribution in [0.1, 0.15) is 52.4 Å². The van der Waals surface area contributed by atoms with Crippen molar-refractivity contribution in [2.75, 3.05) is 46.2 Å². The summed E-state index contributed by atoms with van der Waals surface area (Å²) in [6, 6.07) is 0. The molecule has 0 spiro atoms. The molecule has 0 aliphatic rings. The minimum atomic E-state index is -4.32. The van der Waals surface area contributed by atoms with Crippen LogP contribution in [0.5, 0.6) is 0 Å². The molecule has 8 heteroatoms. The summed E-state index contributed by atoms with van der Waals surface area (Å²) in [5, 5.41) is 0. The standard InChI is InChI=1S/C16H34O7S/c1-3-5-8-16(4-2)15-22-14-13-21-12-11-20-9-6-7-10-23-24(17,18)19/h16H,3-15H2,1-2H3,(H,17,18,19). The number of rotatable bonds is 18. The highest BCUT2D eigenvalue weighted by Gasteiger charge is 2.05. The predicted octanol–water partition coefficient (Wildman–Crippen LogP) is 2.85. The van der Waals surface area contributed by atoms with Crippen molar-refractivity contribution in [1.82, 2.24) is 0 Å².